The summed E-state index contributed by atoms with van der Waals surface area (Å²) in [6, 6.07) is 19.3. The molecule has 2 heterocycles. The molecule has 0 saturated carbocycles. The molecule has 1 N–H and O–H groups in total. The average molecular weight is 390 g/mol. The highest BCUT2D eigenvalue weighted by molar-refractivity contribution is 5.95. The van der Waals surface area contributed by atoms with E-state index in [4.69, 9.17) is 0 Å². The molecule has 1 unspecified atom stereocenters. The molecule has 2 aromatic carbocycles. The fourth-order valence-corrected chi connectivity index (χ4v) is 3.70. The molecule has 0 radical (unpaired) electrons. The van der Waals surface area contributed by atoms with Crippen molar-refractivity contribution in [2.24, 2.45) is 0 Å². The maximum Gasteiger partial charge on any atom is 0.246 e. The molecule has 1 fully saturated rings. The van der Waals surface area contributed by atoms with Gasteiger partial charge in [0.25, 0.3) is 0 Å². The Morgan fingerprint density at radius 1 is 0.897 bits per heavy atom. The van der Waals surface area contributed by atoms with Gasteiger partial charge < -0.3 is 10.2 Å². The molecule has 29 heavy (non-hydrogen) atoms. The monoisotopic (exact) mass is 390 g/mol. The van der Waals surface area contributed by atoms with Crippen LogP contribution in [0.2, 0.25) is 0 Å². The fraction of sp³-hybridized carbons (Fsp3) is 0.217. The number of piperazine rings is 1. The Morgan fingerprint density at radius 3 is 2.21 bits per heavy atom. The summed E-state index contributed by atoms with van der Waals surface area (Å²) in [5.41, 5.74) is 2.68. The number of rotatable bonds is 5. The van der Waals surface area contributed by atoms with Crippen molar-refractivity contribution in [3.05, 3.63) is 90.5 Å². The third-order valence-corrected chi connectivity index (χ3v) is 5.18. The average Bonchev–Trinajstić information content (AvgIpc) is 2.77. The molecule has 1 saturated heterocycles. The van der Waals surface area contributed by atoms with Crippen molar-refractivity contribution in [3.8, 4) is 0 Å². The van der Waals surface area contributed by atoms with E-state index in [2.05, 4.69) is 20.1 Å². The molecule has 1 atom stereocenters. The summed E-state index contributed by atoms with van der Waals surface area (Å²) in [5.74, 6) is -0.435. The normalized spacial score (nSPS) is 15.7. The van der Waals surface area contributed by atoms with Gasteiger partial charge in [0.2, 0.25) is 5.91 Å². The van der Waals surface area contributed by atoms with Gasteiger partial charge in [0, 0.05) is 49.9 Å². The number of carbonyl (C=O) groups excluding carboxylic acids is 1. The first-order chi connectivity index (χ1) is 14.2. The lowest BCUT2D eigenvalue weighted by atomic mass is 10.0. The van der Waals surface area contributed by atoms with Gasteiger partial charge in [0.15, 0.2) is 0 Å². The van der Waals surface area contributed by atoms with Crippen LogP contribution in [0.25, 0.3) is 0 Å². The van der Waals surface area contributed by atoms with Gasteiger partial charge in [-0.15, -0.1) is 0 Å². The maximum absolute atomic E-state index is 13.2. The highest BCUT2D eigenvalue weighted by Crippen LogP contribution is 2.26. The first-order valence-corrected chi connectivity index (χ1v) is 9.71. The van der Waals surface area contributed by atoms with E-state index in [1.807, 2.05) is 42.5 Å². The van der Waals surface area contributed by atoms with E-state index in [0.29, 0.717) is 5.69 Å². The molecule has 1 aliphatic rings. The minimum absolute atomic E-state index is 0.111. The van der Waals surface area contributed by atoms with Gasteiger partial charge in [-0.3, -0.25) is 14.7 Å². The lowest BCUT2D eigenvalue weighted by Crippen LogP contribution is -2.50. The van der Waals surface area contributed by atoms with Crippen molar-refractivity contribution in [3.63, 3.8) is 0 Å². The van der Waals surface area contributed by atoms with Crippen molar-refractivity contribution in [1.82, 2.24) is 9.88 Å². The second-order valence-corrected chi connectivity index (χ2v) is 7.04. The number of hydrogen-bond acceptors (Lipinski definition) is 4. The molecule has 5 nitrogen and oxygen atoms in total. The van der Waals surface area contributed by atoms with Gasteiger partial charge >= 0.3 is 0 Å². The molecule has 1 aromatic heterocycles. The maximum atomic E-state index is 13.2. The zero-order valence-electron chi connectivity index (χ0n) is 16.0. The molecule has 1 aliphatic heterocycles. The van der Waals surface area contributed by atoms with Crippen LogP contribution >= 0.6 is 0 Å². The largest absolute Gasteiger partial charge is 0.369 e. The summed E-state index contributed by atoms with van der Waals surface area (Å²) in [4.78, 5) is 21.8. The van der Waals surface area contributed by atoms with Crippen molar-refractivity contribution < 1.29 is 9.18 Å². The predicted molar refractivity (Wildman–Crippen MR) is 112 cm³/mol. The van der Waals surface area contributed by atoms with E-state index in [0.717, 1.165) is 37.4 Å². The number of hydrogen-bond donors (Lipinski definition) is 1. The van der Waals surface area contributed by atoms with Crippen molar-refractivity contribution >= 4 is 17.3 Å². The molecule has 4 rings (SSSR count). The third kappa shape index (κ3) is 4.60. The van der Waals surface area contributed by atoms with Gasteiger partial charge in [0.05, 0.1) is 0 Å². The Hall–Kier alpha value is -3.25. The van der Waals surface area contributed by atoms with Crippen LogP contribution in [0.15, 0.2) is 79.1 Å². The summed E-state index contributed by atoms with van der Waals surface area (Å²) >= 11 is 0. The Bertz CT molecular complexity index is 926. The smallest absolute Gasteiger partial charge is 0.246 e. The summed E-state index contributed by atoms with van der Waals surface area (Å²) in [7, 11) is 0. The fourth-order valence-electron chi connectivity index (χ4n) is 3.70. The van der Waals surface area contributed by atoms with Gasteiger partial charge in [0.1, 0.15) is 11.9 Å². The number of carbonyl (C=O) groups is 1. The van der Waals surface area contributed by atoms with Crippen molar-refractivity contribution in [2.45, 2.75) is 6.04 Å². The lowest BCUT2D eigenvalue weighted by molar-refractivity contribution is -0.121. The highest BCUT2D eigenvalue weighted by atomic mass is 19.1. The van der Waals surface area contributed by atoms with Crippen LogP contribution in [0.3, 0.4) is 0 Å². The summed E-state index contributed by atoms with van der Waals surface area (Å²) < 4.78 is 13.2. The Kier molecular flexibility index (Phi) is 5.81. The molecule has 148 valence electrons. The van der Waals surface area contributed by atoms with Gasteiger partial charge in [-0.05, 0) is 42.0 Å². The quantitative estimate of drug-likeness (QED) is 0.721. The number of nitrogens with one attached hydrogen (secondary N) is 1. The SMILES string of the molecule is O=C(Nc1ccc(F)cc1)C(c1ccccc1)N1CCN(c2ccncc2)CC1. The second-order valence-electron chi connectivity index (χ2n) is 7.04. The van der Waals surface area contributed by atoms with E-state index in [-0.39, 0.29) is 11.7 Å². The minimum atomic E-state index is -0.402. The van der Waals surface area contributed by atoms with Crippen LogP contribution in [-0.2, 0) is 4.79 Å². The second kappa shape index (κ2) is 8.84. The third-order valence-electron chi connectivity index (χ3n) is 5.18. The predicted octanol–water partition coefficient (Wildman–Crippen LogP) is 3.72. The number of aromatic nitrogens is 1. The molecule has 0 spiro atoms. The topological polar surface area (TPSA) is 48.5 Å². The molecule has 0 aliphatic carbocycles. The zero-order chi connectivity index (χ0) is 20.1. The number of nitrogens with zero attached hydrogens (tertiary/aromatic N) is 3. The standard InChI is InChI=1S/C23H23FN4O/c24-19-6-8-20(9-7-19)26-23(29)22(18-4-2-1-3-5-18)28-16-14-27(15-17-28)21-10-12-25-13-11-21/h1-13,22H,14-17H2,(H,26,29). The summed E-state index contributed by atoms with van der Waals surface area (Å²) in [6.45, 7) is 3.19. The Morgan fingerprint density at radius 2 is 1.55 bits per heavy atom. The molecule has 0 bridgehead atoms. The zero-order valence-corrected chi connectivity index (χ0v) is 16.0. The van der Waals surface area contributed by atoms with Crippen molar-refractivity contribution in [2.75, 3.05) is 36.4 Å². The van der Waals surface area contributed by atoms with Crippen LogP contribution in [0.5, 0.6) is 0 Å². The number of halogens is 1. The van der Waals surface area contributed by atoms with Gasteiger partial charge in [-0.2, -0.15) is 0 Å². The van der Waals surface area contributed by atoms with Crippen LogP contribution < -0.4 is 10.2 Å². The molecular weight excluding hydrogens is 367 g/mol. The Balaban J connectivity index is 1.51. The molecule has 6 heteroatoms. The number of benzene rings is 2. The summed E-state index contributed by atoms with van der Waals surface area (Å²) in [5, 5.41) is 2.94. The first kappa shape index (κ1) is 19.1. The van der Waals surface area contributed by atoms with Crippen molar-refractivity contribution in [1.29, 1.82) is 0 Å². The van der Waals surface area contributed by atoms with Crippen LogP contribution in [-0.4, -0.2) is 42.0 Å². The van der Waals surface area contributed by atoms with E-state index >= 15 is 0 Å². The number of anilines is 2. The number of pyridine rings is 1. The van der Waals surface area contributed by atoms with Gasteiger partial charge in [-0.1, -0.05) is 30.3 Å². The van der Waals surface area contributed by atoms with E-state index in [1.54, 1.807) is 24.5 Å². The van der Waals surface area contributed by atoms with Crippen LogP contribution in [0.4, 0.5) is 15.8 Å². The molecule has 1 amide bonds. The molecule has 3 aromatic rings. The minimum Gasteiger partial charge on any atom is -0.369 e. The first-order valence-electron chi connectivity index (χ1n) is 9.71. The van der Waals surface area contributed by atoms with E-state index in [9.17, 15) is 9.18 Å². The Labute approximate surface area is 169 Å². The van der Waals surface area contributed by atoms with Crippen LogP contribution in [0, 0.1) is 5.82 Å². The van der Waals surface area contributed by atoms with Gasteiger partial charge in [-0.25, -0.2) is 4.39 Å². The van der Waals surface area contributed by atoms with Crippen LogP contribution in [0.1, 0.15) is 11.6 Å². The van der Waals surface area contributed by atoms with E-state index in [1.165, 1.54) is 12.1 Å². The summed E-state index contributed by atoms with van der Waals surface area (Å²) in [6.07, 6.45) is 3.59. The lowest BCUT2D eigenvalue weighted by Gasteiger charge is -2.39. The number of amides is 1. The van der Waals surface area contributed by atoms with E-state index < -0.39 is 6.04 Å². The molecular formula is C23H23FN4O. The highest BCUT2D eigenvalue weighted by Gasteiger charge is 2.30.